The predicted molar refractivity (Wildman–Crippen MR) is 98.4 cm³/mol. The highest BCUT2D eigenvalue weighted by molar-refractivity contribution is 5.95. The number of carbonyl (C=O) groups is 2. The molecule has 2 rings (SSSR count). The second-order valence-electron chi connectivity index (χ2n) is 6.64. The van der Waals surface area contributed by atoms with Gasteiger partial charge in [0.2, 0.25) is 11.8 Å². The van der Waals surface area contributed by atoms with Gasteiger partial charge in [-0.25, -0.2) is 0 Å². The van der Waals surface area contributed by atoms with Crippen LogP contribution in [0.1, 0.15) is 26.7 Å². The maximum absolute atomic E-state index is 11.9. The number of ether oxygens (including phenoxy) is 1. The number of anilines is 2. The van der Waals surface area contributed by atoms with Crippen LogP contribution < -0.4 is 21.7 Å². The van der Waals surface area contributed by atoms with E-state index in [4.69, 9.17) is 10.5 Å². The third kappa shape index (κ3) is 6.36. The quantitative estimate of drug-likeness (QED) is 0.595. The average molecular weight is 348 g/mol. The molecule has 1 aromatic carbocycles. The molecule has 138 valence electrons. The molecule has 0 unspecified atom stereocenters. The molecule has 0 radical (unpaired) electrons. The molecule has 2 amide bonds. The first-order valence-corrected chi connectivity index (χ1v) is 8.73. The minimum Gasteiger partial charge on any atom is -0.382 e. The Hall–Kier alpha value is -2.12. The zero-order valence-corrected chi connectivity index (χ0v) is 14.9. The molecule has 0 aliphatic carbocycles. The Labute approximate surface area is 148 Å². The zero-order chi connectivity index (χ0) is 18.2. The lowest BCUT2D eigenvalue weighted by molar-refractivity contribution is -0.125. The van der Waals surface area contributed by atoms with E-state index in [1.807, 2.05) is 38.1 Å². The van der Waals surface area contributed by atoms with Crippen LogP contribution in [0.15, 0.2) is 24.3 Å². The van der Waals surface area contributed by atoms with Crippen LogP contribution in [0.5, 0.6) is 0 Å². The predicted octanol–water partition coefficient (Wildman–Crippen LogP) is 1.32. The molecule has 25 heavy (non-hydrogen) atoms. The van der Waals surface area contributed by atoms with Crippen LogP contribution in [0.4, 0.5) is 11.4 Å². The number of hydrogen-bond acceptors (Lipinski definition) is 5. The maximum atomic E-state index is 11.9. The fourth-order valence-electron chi connectivity index (χ4n) is 2.52. The normalized spacial score (nSPS) is 16.3. The number of benzene rings is 1. The molecule has 1 aromatic rings. The molecule has 1 aliphatic rings. The van der Waals surface area contributed by atoms with Crippen molar-refractivity contribution in [3.63, 3.8) is 0 Å². The van der Waals surface area contributed by atoms with Gasteiger partial charge in [0.25, 0.3) is 0 Å². The van der Waals surface area contributed by atoms with Crippen LogP contribution >= 0.6 is 0 Å². The molecule has 0 bridgehead atoms. The van der Waals surface area contributed by atoms with Crippen molar-refractivity contribution in [2.45, 2.75) is 38.8 Å². The van der Waals surface area contributed by atoms with E-state index in [0.29, 0.717) is 11.7 Å². The van der Waals surface area contributed by atoms with Crippen LogP contribution in [0.25, 0.3) is 0 Å². The van der Waals surface area contributed by atoms with Gasteiger partial charge in [-0.05, 0) is 43.0 Å². The van der Waals surface area contributed by atoms with Crippen LogP contribution in [-0.2, 0) is 14.3 Å². The van der Waals surface area contributed by atoms with Crippen LogP contribution in [0.3, 0.4) is 0 Å². The van der Waals surface area contributed by atoms with E-state index in [9.17, 15) is 9.59 Å². The Kier molecular flexibility index (Phi) is 7.21. The largest absolute Gasteiger partial charge is 0.382 e. The molecule has 1 heterocycles. The van der Waals surface area contributed by atoms with Crippen LogP contribution in [-0.4, -0.2) is 43.7 Å². The molecular formula is C18H28N4O3. The van der Waals surface area contributed by atoms with Crippen molar-refractivity contribution in [3.05, 3.63) is 24.3 Å². The van der Waals surface area contributed by atoms with Gasteiger partial charge >= 0.3 is 0 Å². The molecule has 1 aliphatic heterocycles. The third-order valence-corrected chi connectivity index (χ3v) is 4.20. The van der Waals surface area contributed by atoms with E-state index in [-0.39, 0.29) is 24.3 Å². The molecule has 1 saturated heterocycles. The minimum absolute atomic E-state index is 0.0267. The smallest absolute Gasteiger partial charge is 0.243 e. The van der Waals surface area contributed by atoms with Gasteiger partial charge in [0.1, 0.15) is 0 Å². The molecule has 0 saturated carbocycles. The second-order valence-corrected chi connectivity index (χ2v) is 6.64. The summed E-state index contributed by atoms with van der Waals surface area (Å²) in [5, 5.41) is 8.76. The third-order valence-electron chi connectivity index (χ3n) is 4.20. The lowest BCUT2D eigenvalue weighted by Gasteiger charge is -2.24. The van der Waals surface area contributed by atoms with Gasteiger partial charge in [-0.2, -0.15) is 0 Å². The van der Waals surface area contributed by atoms with E-state index in [1.54, 1.807) is 0 Å². The van der Waals surface area contributed by atoms with Crippen LogP contribution in [0.2, 0.25) is 0 Å². The van der Waals surface area contributed by atoms with Crippen molar-refractivity contribution in [2.75, 3.05) is 30.4 Å². The Morgan fingerprint density at radius 2 is 1.76 bits per heavy atom. The Morgan fingerprint density at radius 3 is 2.36 bits per heavy atom. The first kappa shape index (κ1) is 19.2. The number of carbonyl (C=O) groups excluding carboxylic acids is 2. The van der Waals surface area contributed by atoms with Gasteiger partial charge < -0.3 is 26.4 Å². The monoisotopic (exact) mass is 348 g/mol. The topological polar surface area (TPSA) is 105 Å². The Morgan fingerprint density at radius 1 is 1.16 bits per heavy atom. The summed E-state index contributed by atoms with van der Waals surface area (Å²) < 4.78 is 5.34. The second kappa shape index (κ2) is 9.39. The fraction of sp³-hybridized carbons (Fsp3) is 0.556. The summed E-state index contributed by atoms with van der Waals surface area (Å²) in [5.74, 6) is -0.575. The first-order valence-electron chi connectivity index (χ1n) is 8.73. The minimum atomic E-state index is -0.608. The molecule has 1 fully saturated rings. The Balaban J connectivity index is 1.76. The first-order chi connectivity index (χ1) is 12.0. The summed E-state index contributed by atoms with van der Waals surface area (Å²) in [6.45, 7) is 5.21. The van der Waals surface area contributed by atoms with Crippen molar-refractivity contribution >= 4 is 23.2 Å². The summed E-state index contributed by atoms with van der Waals surface area (Å²) in [6.07, 6.45) is 1.99. The SMILES string of the molecule is CC(C)[C@H](N)C(=O)NCC(=O)Nc1ccc(NC2CCOCC2)cc1. The fourth-order valence-corrected chi connectivity index (χ4v) is 2.52. The lowest BCUT2D eigenvalue weighted by atomic mass is 10.1. The Bertz CT molecular complexity index is 568. The van der Waals surface area contributed by atoms with Gasteiger partial charge in [0.05, 0.1) is 12.6 Å². The van der Waals surface area contributed by atoms with Gasteiger partial charge in [-0.3, -0.25) is 9.59 Å². The van der Waals surface area contributed by atoms with E-state index < -0.39 is 6.04 Å². The van der Waals surface area contributed by atoms with Crippen molar-refractivity contribution in [1.82, 2.24) is 5.32 Å². The molecule has 0 spiro atoms. The van der Waals surface area contributed by atoms with Crippen molar-refractivity contribution in [2.24, 2.45) is 11.7 Å². The van der Waals surface area contributed by atoms with Gasteiger partial charge in [-0.15, -0.1) is 0 Å². The number of nitrogens with two attached hydrogens (primary N) is 1. The maximum Gasteiger partial charge on any atom is 0.243 e. The molecule has 7 nitrogen and oxygen atoms in total. The molecule has 7 heteroatoms. The van der Waals surface area contributed by atoms with E-state index in [1.165, 1.54) is 0 Å². The highest BCUT2D eigenvalue weighted by Gasteiger charge is 2.17. The zero-order valence-electron chi connectivity index (χ0n) is 14.9. The molecule has 5 N–H and O–H groups in total. The number of rotatable bonds is 7. The highest BCUT2D eigenvalue weighted by atomic mass is 16.5. The molecule has 0 aromatic heterocycles. The summed E-state index contributed by atoms with van der Waals surface area (Å²) in [5.41, 5.74) is 7.43. The van der Waals surface area contributed by atoms with Crippen molar-refractivity contribution < 1.29 is 14.3 Å². The number of nitrogens with one attached hydrogen (secondary N) is 3. The molecule has 1 atom stereocenters. The van der Waals surface area contributed by atoms with E-state index in [0.717, 1.165) is 31.7 Å². The lowest BCUT2D eigenvalue weighted by Crippen LogP contribution is -2.46. The van der Waals surface area contributed by atoms with E-state index in [2.05, 4.69) is 16.0 Å². The highest BCUT2D eigenvalue weighted by Crippen LogP contribution is 2.17. The van der Waals surface area contributed by atoms with E-state index >= 15 is 0 Å². The summed E-state index contributed by atoms with van der Waals surface area (Å²) >= 11 is 0. The summed E-state index contributed by atoms with van der Waals surface area (Å²) in [6, 6.07) is 7.34. The summed E-state index contributed by atoms with van der Waals surface area (Å²) in [4.78, 5) is 23.7. The number of hydrogen-bond donors (Lipinski definition) is 4. The average Bonchev–Trinajstić information content (AvgIpc) is 2.61. The number of amides is 2. The van der Waals surface area contributed by atoms with Gasteiger partial charge in [0.15, 0.2) is 0 Å². The van der Waals surface area contributed by atoms with Gasteiger partial charge in [-0.1, -0.05) is 13.8 Å². The molecular weight excluding hydrogens is 320 g/mol. The summed E-state index contributed by atoms with van der Waals surface area (Å²) in [7, 11) is 0. The van der Waals surface area contributed by atoms with Crippen LogP contribution in [0, 0.1) is 5.92 Å². The van der Waals surface area contributed by atoms with Crippen molar-refractivity contribution in [3.8, 4) is 0 Å². The van der Waals surface area contributed by atoms with Crippen molar-refractivity contribution in [1.29, 1.82) is 0 Å². The van der Waals surface area contributed by atoms with Gasteiger partial charge in [0, 0.05) is 30.6 Å². The standard InChI is InChI=1S/C18H28N4O3/c1-12(2)17(19)18(24)20-11-16(23)22-14-5-3-13(4-6-14)21-15-7-9-25-10-8-15/h3-6,12,15,17,21H,7-11,19H2,1-2H3,(H,20,24)(H,22,23)/t17-/m0/s1.